The van der Waals surface area contributed by atoms with Gasteiger partial charge in [-0.15, -0.1) is 0 Å². The highest BCUT2D eigenvalue weighted by Gasteiger charge is 2.19. The standard InChI is InChI=1S/C13H21N3O3S/c1-15-20(17,18)11-5-6-13(12(14)8-11)16(2)9-10-4-3-7-19-10/h5-6,8,10,15H,3-4,7,9,14H2,1-2H3. The van der Waals surface area contributed by atoms with E-state index in [9.17, 15) is 8.42 Å². The van der Waals surface area contributed by atoms with Gasteiger partial charge < -0.3 is 15.4 Å². The fourth-order valence-corrected chi connectivity index (χ4v) is 3.12. The summed E-state index contributed by atoms with van der Waals surface area (Å²) in [6.07, 6.45) is 2.36. The Bertz CT molecular complexity index is 568. The second kappa shape index (κ2) is 5.99. The molecule has 1 aromatic carbocycles. The topological polar surface area (TPSA) is 84.7 Å². The second-order valence-electron chi connectivity index (χ2n) is 4.94. The number of benzene rings is 1. The molecule has 0 aliphatic carbocycles. The SMILES string of the molecule is CNS(=O)(=O)c1ccc(N(C)CC2CCCO2)c(N)c1. The van der Waals surface area contributed by atoms with Gasteiger partial charge in [-0.2, -0.15) is 0 Å². The van der Waals surface area contributed by atoms with Crippen LogP contribution in [0.4, 0.5) is 11.4 Å². The monoisotopic (exact) mass is 299 g/mol. The number of nitrogens with zero attached hydrogens (tertiary/aromatic N) is 1. The Hall–Kier alpha value is -1.31. The third-order valence-electron chi connectivity index (χ3n) is 3.49. The lowest BCUT2D eigenvalue weighted by molar-refractivity contribution is 0.116. The van der Waals surface area contributed by atoms with Crippen LogP contribution in [0.5, 0.6) is 0 Å². The Morgan fingerprint density at radius 2 is 2.25 bits per heavy atom. The molecule has 0 saturated carbocycles. The number of rotatable bonds is 5. The third kappa shape index (κ3) is 3.23. The van der Waals surface area contributed by atoms with E-state index in [1.54, 1.807) is 12.1 Å². The number of anilines is 2. The first-order valence-corrected chi connectivity index (χ1v) is 8.08. The van der Waals surface area contributed by atoms with Crippen LogP contribution in [0.1, 0.15) is 12.8 Å². The summed E-state index contributed by atoms with van der Waals surface area (Å²) in [5.74, 6) is 0. The molecular formula is C13H21N3O3S. The van der Waals surface area contributed by atoms with Crippen LogP contribution in [-0.4, -0.2) is 41.8 Å². The van der Waals surface area contributed by atoms with Gasteiger partial charge in [0, 0.05) is 20.2 Å². The molecule has 1 aliphatic heterocycles. The van der Waals surface area contributed by atoms with Crippen molar-refractivity contribution in [3.63, 3.8) is 0 Å². The molecule has 1 fully saturated rings. The molecule has 0 spiro atoms. The Labute approximate surface area is 120 Å². The maximum absolute atomic E-state index is 11.7. The first-order chi connectivity index (χ1) is 9.44. The van der Waals surface area contributed by atoms with Crippen molar-refractivity contribution in [3.05, 3.63) is 18.2 Å². The van der Waals surface area contributed by atoms with Gasteiger partial charge in [0.05, 0.1) is 22.4 Å². The summed E-state index contributed by atoms with van der Waals surface area (Å²) >= 11 is 0. The van der Waals surface area contributed by atoms with Crippen molar-refractivity contribution < 1.29 is 13.2 Å². The van der Waals surface area contributed by atoms with E-state index in [4.69, 9.17) is 10.5 Å². The minimum Gasteiger partial charge on any atom is -0.397 e. The molecule has 20 heavy (non-hydrogen) atoms. The molecular weight excluding hydrogens is 278 g/mol. The summed E-state index contributed by atoms with van der Waals surface area (Å²) in [6.45, 7) is 1.57. The smallest absolute Gasteiger partial charge is 0.240 e. The van der Waals surface area contributed by atoms with Gasteiger partial charge in [-0.3, -0.25) is 0 Å². The van der Waals surface area contributed by atoms with Crippen LogP contribution in [0.3, 0.4) is 0 Å². The lowest BCUT2D eigenvalue weighted by atomic mass is 10.2. The number of ether oxygens (including phenoxy) is 1. The van der Waals surface area contributed by atoms with Gasteiger partial charge in [0.2, 0.25) is 10.0 Å². The number of sulfonamides is 1. The minimum atomic E-state index is -3.46. The zero-order valence-corrected chi connectivity index (χ0v) is 12.6. The Morgan fingerprint density at radius 3 is 2.80 bits per heavy atom. The number of nitrogen functional groups attached to an aromatic ring is 1. The summed E-state index contributed by atoms with van der Waals surface area (Å²) < 4.78 is 31.3. The number of nitrogens with two attached hydrogens (primary N) is 1. The first kappa shape index (κ1) is 15.1. The third-order valence-corrected chi connectivity index (χ3v) is 4.90. The van der Waals surface area contributed by atoms with Crippen LogP contribution in [0.25, 0.3) is 0 Å². The van der Waals surface area contributed by atoms with Crippen molar-refractivity contribution in [3.8, 4) is 0 Å². The van der Waals surface area contributed by atoms with Crippen LogP contribution in [0, 0.1) is 0 Å². The van der Waals surface area contributed by atoms with Gasteiger partial charge in [0.15, 0.2) is 0 Å². The highest BCUT2D eigenvalue weighted by atomic mass is 32.2. The number of hydrogen-bond donors (Lipinski definition) is 2. The van der Waals surface area contributed by atoms with Gasteiger partial charge in [-0.25, -0.2) is 13.1 Å². The molecule has 7 heteroatoms. The van der Waals surface area contributed by atoms with Crippen molar-refractivity contribution in [2.24, 2.45) is 0 Å². The van der Waals surface area contributed by atoms with Gasteiger partial charge in [-0.1, -0.05) is 0 Å². The molecule has 0 amide bonds. The van der Waals surface area contributed by atoms with E-state index in [1.807, 2.05) is 11.9 Å². The second-order valence-corrected chi connectivity index (χ2v) is 6.83. The van der Waals surface area contributed by atoms with E-state index in [-0.39, 0.29) is 11.0 Å². The molecule has 112 valence electrons. The van der Waals surface area contributed by atoms with Crippen molar-refractivity contribution in [2.75, 3.05) is 37.9 Å². The van der Waals surface area contributed by atoms with E-state index >= 15 is 0 Å². The fourth-order valence-electron chi connectivity index (χ4n) is 2.36. The molecule has 1 aliphatic rings. The normalized spacial score (nSPS) is 19.2. The molecule has 1 saturated heterocycles. The van der Waals surface area contributed by atoms with Crippen LogP contribution in [0.2, 0.25) is 0 Å². The molecule has 3 N–H and O–H groups in total. The quantitative estimate of drug-likeness (QED) is 0.785. The lowest BCUT2D eigenvalue weighted by Gasteiger charge is -2.24. The lowest BCUT2D eigenvalue weighted by Crippen LogP contribution is -2.29. The Kier molecular flexibility index (Phi) is 4.52. The van der Waals surface area contributed by atoms with Crippen LogP contribution >= 0.6 is 0 Å². The molecule has 0 radical (unpaired) electrons. The largest absolute Gasteiger partial charge is 0.397 e. The predicted octanol–water partition coefficient (Wildman–Crippen LogP) is 0.792. The molecule has 1 heterocycles. The summed E-state index contributed by atoms with van der Waals surface area (Å²) in [5.41, 5.74) is 7.23. The highest BCUT2D eigenvalue weighted by Crippen LogP contribution is 2.26. The zero-order chi connectivity index (χ0) is 14.8. The van der Waals surface area contributed by atoms with Crippen molar-refractivity contribution >= 4 is 21.4 Å². The zero-order valence-electron chi connectivity index (χ0n) is 11.8. The van der Waals surface area contributed by atoms with Crippen molar-refractivity contribution in [1.82, 2.24) is 4.72 Å². The predicted molar refractivity (Wildman–Crippen MR) is 79.3 cm³/mol. The number of likely N-dealkylation sites (N-methyl/N-ethyl adjacent to an activating group) is 1. The van der Waals surface area contributed by atoms with E-state index in [0.29, 0.717) is 5.69 Å². The molecule has 1 unspecified atom stereocenters. The van der Waals surface area contributed by atoms with Gasteiger partial charge >= 0.3 is 0 Å². The number of hydrogen-bond acceptors (Lipinski definition) is 5. The summed E-state index contributed by atoms with van der Waals surface area (Å²) in [4.78, 5) is 2.17. The van der Waals surface area contributed by atoms with E-state index in [1.165, 1.54) is 13.1 Å². The molecule has 1 aromatic rings. The fraction of sp³-hybridized carbons (Fsp3) is 0.538. The van der Waals surface area contributed by atoms with Crippen LogP contribution in [-0.2, 0) is 14.8 Å². The molecule has 0 aromatic heterocycles. The number of nitrogens with one attached hydrogen (secondary N) is 1. The van der Waals surface area contributed by atoms with Crippen molar-refractivity contribution in [1.29, 1.82) is 0 Å². The molecule has 0 bridgehead atoms. The summed E-state index contributed by atoms with van der Waals surface area (Å²) in [7, 11) is -0.151. The average molecular weight is 299 g/mol. The maximum atomic E-state index is 11.7. The maximum Gasteiger partial charge on any atom is 0.240 e. The Morgan fingerprint density at radius 1 is 1.50 bits per heavy atom. The minimum absolute atomic E-state index is 0.173. The molecule has 2 rings (SSSR count). The van der Waals surface area contributed by atoms with Crippen LogP contribution < -0.4 is 15.4 Å². The molecule has 6 nitrogen and oxygen atoms in total. The van der Waals surface area contributed by atoms with Crippen molar-refractivity contribution in [2.45, 2.75) is 23.8 Å². The highest BCUT2D eigenvalue weighted by molar-refractivity contribution is 7.89. The first-order valence-electron chi connectivity index (χ1n) is 6.60. The van der Waals surface area contributed by atoms with Gasteiger partial charge in [0.25, 0.3) is 0 Å². The van der Waals surface area contributed by atoms with E-state index in [2.05, 4.69) is 4.72 Å². The summed E-state index contributed by atoms with van der Waals surface area (Å²) in [5, 5.41) is 0. The Balaban J connectivity index is 2.16. The van der Waals surface area contributed by atoms with Crippen LogP contribution in [0.15, 0.2) is 23.1 Å². The van der Waals surface area contributed by atoms with E-state index in [0.717, 1.165) is 31.7 Å². The van der Waals surface area contributed by atoms with E-state index < -0.39 is 10.0 Å². The average Bonchev–Trinajstić information content (AvgIpc) is 2.91. The van der Waals surface area contributed by atoms with Gasteiger partial charge in [0.1, 0.15) is 0 Å². The van der Waals surface area contributed by atoms with Gasteiger partial charge in [-0.05, 0) is 38.1 Å². The molecule has 1 atom stereocenters. The summed E-state index contributed by atoms with van der Waals surface area (Å²) in [6, 6.07) is 4.77.